The molecule has 0 spiro atoms. The summed E-state index contributed by atoms with van der Waals surface area (Å²) < 4.78 is 1.67. The second-order valence-corrected chi connectivity index (χ2v) is 6.10. The van der Waals surface area contributed by atoms with Gasteiger partial charge in [0.15, 0.2) is 0 Å². The topological polar surface area (TPSA) is 46.9 Å². The molecule has 5 heteroatoms. The maximum atomic E-state index is 12.0. The number of hydrogen-bond acceptors (Lipinski definition) is 3. The molecule has 1 amide bonds. The Hall–Kier alpha value is -2.27. The van der Waals surface area contributed by atoms with Gasteiger partial charge in [-0.1, -0.05) is 42.0 Å². The fourth-order valence-electron chi connectivity index (χ4n) is 2.16. The molecule has 0 atom stereocenters. The molecule has 0 unspecified atom stereocenters. The quantitative estimate of drug-likeness (QED) is 0.786. The normalized spacial score (nSPS) is 10.8. The maximum absolute atomic E-state index is 12.0. The number of amides is 1. The average Bonchev–Trinajstić information content (AvgIpc) is 2.93. The van der Waals surface area contributed by atoms with Gasteiger partial charge in [0.05, 0.1) is 16.8 Å². The molecule has 0 aliphatic heterocycles. The van der Waals surface area contributed by atoms with Crippen LogP contribution in [-0.2, 0) is 10.5 Å². The molecule has 0 saturated carbocycles. The Labute approximate surface area is 133 Å². The number of nitrogens with zero attached hydrogens (tertiary/aromatic N) is 2. The molecular weight excluding hydrogens is 294 g/mol. The van der Waals surface area contributed by atoms with Crippen molar-refractivity contribution < 1.29 is 4.79 Å². The predicted molar refractivity (Wildman–Crippen MR) is 91.4 cm³/mol. The van der Waals surface area contributed by atoms with E-state index in [2.05, 4.69) is 41.6 Å². The Morgan fingerprint density at radius 3 is 2.77 bits per heavy atom. The summed E-state index contributed by atoms with van der Waals surface area (Å²) in [5.74, 6) is 1.22. The lowest BCUT2D eigenvalue weighted by molar-refractivity contribution is -0.114. The summed E-state index contributed by atoms with van der Waals surface area (Å²) in [4.78, 5) is 16.3. The number of carbonyl (C=O) groups excluding carboxylic acids is 1. The molecule has 0 aliphatic rings. The van der Waals surface area contributed by atoms with E-state index in [0.29, 0.717) is 5.75 Å². The third-order valence-corrected chi connectivity index (χ3v) is 4.32. The van der Waals surface area contributed by atoms with Crippen LogP contribution in [-0.4, -0.2) is 21.3 Å². The highest BCUT2D eigenvalue weighted by atomic mass is 32.2. The van der Waals surface area contributed by atoms with Crippen molar-refractivity contribution >= 4 is 28.7 Å². The van der Waals surface area contributed by atoms with Gasteiger partial charge in [-0.25, -0.2) is 9.66 Å². The van der Waals surface area contributed by atoms with Gasteiger partial charge in [-0.15, -0.1) is 11.8 Å². The minimum atomic E-state index is -0.0275. The van der Waals surface area contributed by atoms with E-state index >= 15 is 0 Å². The Morgan fingerprint density at radius 2 is 1.95 bits per heavy atom. The number of imidazole rings is 1. The minimum absolute atomic E-state index is 0.0275. The standard InChI is InChI=1S/C17H17N3OS/c1-13-6-8-14(9-7-13)10-22-11-17(21)19-20-12-18-15-4-2-3-5-16(15)20/h2-9,12H,10-11H2,1H3,(H,19,21). The highest BCUT2D eigenvalue weighted by Gasteiger charge is 2.06. The zero-order valence-corrected chi connectivity index (χ0v) is 13.1. The average molecular weight is 311 g/mol. The van der Waals surface area contributed by atoms with E-state index in [0.717, 1.165) is 16.8 Å². The number of fused-ring (bicyclic) bond motifs is 1. The number of rotatable bonds is 5. The van der Waals surface area contributed by atoms with E-state index in [-0.39, 0.29) is 5.91 Å². The number of para-hydroxylation sites is 2. The number of carbonyl (C=O) groups is 1. The molecule has 112 valence electrons. The highest BCUT2D eigenvalue weighted by molar-refractivity contribution is 7.99. The lowest BCUT2D eigenvalue weighted by Crippen LogP contribution is -2.23. The van der Waals surface area contributed by atoms with Gasteiger partial charge in [0.25, 0.3) is 0 Å². The van der Waals surface area contributed by atoms with Gasteiger partial charge in [-0.3, -0.25) is 10.2 Å². The van der Waals surface area contributed by atoms with Crippen LogP contribution in [0.5, 0.6) is 0 Å². The van der Waals surface area contributed by atoms with Crippen LogP contribution in [0.15, 0.2) is 54.9 Å². The monoisotopic (exact) mass is 311 g/mol. The third kappa shape index (κ3) is 3.49. The molecule has 3 aromatic rings. The van der Waals surface area contributed by atoms with Gasteiger partial charge in [0.1, 0.15) is 6.33 Å². The zero-order valence-electron chi connectivity index (χ0n) is 12.3. The molecule has 1 N–H and O–H groups in total. The van der Waals surface area contributed by atoms with Crippen molar-refractivity contribution in [2.75, 3.05) is 11.2 Å². The van der Waals surface area contributed by atoms with E-state index in [9.17, 15) is 4.79 Å². The number of aryl methyl sites for hydroxylation is 1. The molecule has 22 heavy (non-hydrogen) atoms. The van der Waals surface area contributed by atoms with Crippen LogP contribution in [0.4, 0.5) is 0 Å². The Bertz CT molecular complexity index is 780. The third-order valence-electron chi connectivity index (χ3n) is 3.32. The lowest BCUT2D eigenvalue weighted by atomic mass is 10.2. The summed E-state index contributed by atoms with van der Waals surface area (Å²) >= 11 is 1.60. The van der Waals surface area contributed by atoms with Crippen LogP contribution in [0.25, 0.3) is 11.0 Å². The van der Waals surface area contributed by atoms with E-state index in [4.69, 9.17) is 0 Å². The molecule has 1 heterocycles. The second-order valence-electron chi connectivity index (χ2n) is 5.12. The largest absolute Gasteiger partial charge is 0.272 e. The van der Waals surface area contributed by atoms with Gasteiger partial charge >= 0.3 is 0 Å². The Balaban J connectivity index is 1.53. The van der Waals surface area contributed by atoms with Crippen LogP contribution >= 0.6 is 11.8 Å². The smallest absolute Gasteiger partial charge is 0.248 e. The van der Waals surface area contributed by atoms with E-state index in [1.54, 1.807) is 22.8 Å². The SMILES string of the molecule is Cc1ccc(CSCC(=O)Nn2cnc3ccccc32)cc1. The predicted octanol–water partition coefficient (Wildman–Crippen LogP) is 3.35. The molecule has 1 aromatic heterocycles. The minimum Gasteiger partial charge on any atom is -0.272 e. The van der Waals surface area contributed by atoms with Crippen LogP contribution in [0, 0.1) is 6.92 Å². The van der Waals surface area contributed by atoms with Gasteiger partial charge in [0.2, 0.25) is 5.91 Å². The summed E-state index contributed by atoms with van der Waals surface area (Å²) in [5, 5.41) is 0. The molecule has 4 nitrogen and oxygen atoms in total. The van der Waals surface area contributed by atoms with E-state index < -0.39 is 0 Å². The van der Waals surface area contributed by atoms with Crippen LogP contribution in [0.1, 0.15) is 11.1 Å². The number of thioether (sulfide) groups is 1. The molecule has 0 saturated heterocycles. The van der Waals surface area contributed by atoms with E-state index in [1.165, 1.54) is 11.1 Å². The zero-order chi connectivity index (χ0) is 15.4. The second kappa shape index (κ2) is 6.66. The van der Waals surface area contributed by atoms with Gasteiger partial charge in [-0.2, -0.15) is 0 Å². The van der Waals surface area contributed by atoms with E-state index in [1.807, 2.05) is 24.3 Å². The van der Waals surface area contributed by atoms with Crippen molar-refractivity contribution in [2.45, 2.75) is 12.7 Å². The van der Waals surface area contributed by atoms with Crippen LogP contribution < -0.4 is 5.43 Å². The summed E-state index contributed by atoms with van der Waals surface area (Å²) in [6.07, 6.45) is 1.63. The highest BCUT2D eigenvalue weighted by Crippen LogP contribution is 2.13. The van der Waals surface area contributed by atoms with Gasteiger partial charge < -0.3 is 0 Å². The summed E-state index contributed by atoms with van der Waals surface area (Å²) in [6.45, 7) is 2.07. The molecule has 0 aliphatic carbocycles. The fraction of sp³-hybridized carbons (Fsp3) is 0.176. The molecular formula is C17H17N3OS. The van der Waals surface area contributed by atoms with Crippen LogP contribution in [0.2, 0.25) is 0 Å². The number of benzene rings is 2. The van der Waals surface area contributed by atoms with Gasteiger partial charge in [0, 0.05) is 5.75 Å². The number of nitrogens with one attached hydrogen (secondary N) is 1. The van der Waals surface area contributed by atoms with Crippen molar-refractivity contribution in [1.29, 1.82) is 0 Å². The first-order valence-corrected chi connectivity index (χ1v) is 8.23. The lowest BCUT2D eigenvalue weighted by Gasteiger charge is -2.07. The van der Waals surface area contributed by atoms with Crippen molar-refractivity contribution in [1.82, 2.24) is 9.66 Å². The first-order valence-electron chi connectivity index (χ1n) is 7.07. The van der Waals surface area contributed by atoms with Crippen molar-refractivity contribution in [3.05, 3.63) is 66.0 Å². The first kappa shape index (κ1) is 14.7. The van der Waals surface area contributed by atoms with Gasteiger partial charge in [-0.05, 0) is 24.6 Å². The summed E-state index contributed by atoms with van der Waals surface area (Å²) in [5.41, 5.74) is 7.11. The van der Waals surface area contributed by atoms with Crippen molar-refractivity contribution in [3.8, 4) is 0 Å². The number of hydrogen-bond donors (Lipinski definition) is 1. The molecule has 0 radical (unpaired) electrons. The Kier molecular flexibility index (Phi) is 4.44. The Morgan fingerprint density at radius 1 is 1.18 bits per heavy atom. The number of aromatic nitrogens is 2. The summed E-state index contributed by atoms with van der Waals surface area (Å²) in [6, 6.07) is 16.1. The van der Waals surface area contributed by atoms with Crippen LogP contribution in [0.3, 0.4) is 0 Å². The molecule has 2 aromatic carbocycles. The summed E-state index contributed by atoms with van der Waals surface area (Å²) in [7, 11) is 0. The molecule has 3 rings (SSSR count). The first-order chi connectivity index (χ1) is 10.7. The molecule has 0 bridgehead atoms. The van der Waals surface area contributed by atoms with Crippen molar-refractivity contribution in [3.63, 3.8) is 0 Å². The van der Waals surface area contributed by atoms with Crippen molar-refractivity contribution in [2.24, 2.45) is 0 Å². The maximum Gasteiger partial charge on any atom is 0.248 e. The fourth-order valence-corrected chi connectivity index (χ4v) is 2.94. The molecule has 0 fully saturated rings.